The first-order valence-electron chi connectivity index (χ1n) is 11.0. The topological polar surface area (TPSA) is 157 Å². The number of aryl methyl sites for hydroxylation is 1. The van der Waals surface area contributed by atoms with E-state index in [1.807, 2.05) is 19.1 Å². The number of anilines is 5. The molecule has 0 spiro atoms. The standard InChI is InChI=1S/C22H27N5O6/c1-12-10-15-16(11-14(12)23-13-4-2-3-5-13)27(8-6-18(30)33-9-7-17(28)29)20-19(24-15)21(31)26-22(32)25-20/h10-11,13,23-24H,2-9H2,1H3,(H,28,29)(H2,25,26,31,32). The van der Waals surface area contributed by atoms with Gasteiger partial charge in [0.1, 0.15) is 18.1 Å². The number of carbonyl (C=O) groups is 2. The first-order chi connectivity index (χ1) is 15.8. The number of aliphatic carboxylic acids is 1. The van der Waals surface area contributed by atoms with E-state index in [9.17, 15) is 19.2 Å². The van der Waals surface area contributed by atoms with Crippen molar-refractivity contribution >= 4 is 40.5 Å². The predicted octanol–water partition coefficient (Wildman–Crippen LogP) is 2.33. The number of rotatable bonds is 8. The third kappa shape index (κ3) is 5.02. The van der Waals surface area contributed by atoms with E-state index >= 15 is 0 Å². The second-order valence-corrected chi connectivity index (χ2v) is 8.33. The lowest BCUT2D eigenvalue weighted by molar-refractivity contribution is -0.146. The zero-order valence-electron chi connectivity index (χ0n) is 18.3. The molecule has 0 bridgehead atoms. The van der Waals surface area contributed by atoms with Crippen LogP contribution in [0.4, 0.5) is 28.6 Å². The highest BCUT2D eigenvalue weighted by Gasteiger charge is 2.28. The zero-order chi connectivity index (χ0) is 23.5. The molecule has 5 N–H and O–H groups in total. The first-order valence-corrected chi connectivity index (χ1v) is 11.0. The molecular formula is C22H27N5O6. The Morgan fingerprint density at radius 3 is 2.67 bits per heavy atom. The van der Waals surface area contributed by atoms with Crippen LogP contribution >= 0.6 is 0 Å². The molecule has 0 radical (unpaired) electrons. The predicted molar refractivity (Wildman–Crippen MR) is 123 cm³/mol. The van der Waals surface area contributed by atoms with Crippen molar-refractivity contribution in [3.8, 4) is 0 Å². The molecule has 1 fully saturated rings. The fourth-order valence-corrected chi connectivity index (χ4v) is 4.27. The van der Waals surface area contributed by atoms with E-state index in [0.29, 0.717) is 17.4 Å². The summed E-state index contributed by atoms with van der Waals surface area (Å²) in [5.41, 5.74) is 2.28. The SMILES string of the molecule is Cc1cc2c(cc1NC1CCCC1)N(CCC(=O)OCCC(=O)O)c1[nH]c(=O)[nH]c(=O)c1N2. The average Bonchev–Trinajstić information content (AvgIpc) is 3.25. The number of carboxylic acids is 1. The molecule has 0 saturated heterocycles. The molecule has 176 valence electrons. The Bertz CT molecular complexity index is 1180. The molecule has 1 aromatic heterocycles. The lowest BCUT2D eigenvalue weighted by Crippen LogP contribution is -2.34. The van der Waals surface area contributed by atoms with E-state index < -0.39 is 23.2 Å². The van der Waals surface area contributed by atoms with Crippen LogP contribution < -0.4 is 26.8 Å². The molecule has 1 saturated carbocycles. The minimum atomic E-state index is -1.05. The highest BCUT2D eigenvalue weighted by atomic mass is 16.5. The summed E-state index contributed by atoms with van der Waals surface area (Å²) in [6.45, 7) is 1.89. The fourth-order valence-electron chi connectivity index (χ4n) is 4.27. The van der Waals surface area contributed by atoms with E-state index in [1.54, 1.807) is 4.90 Å². The van der Waals surface area contributed by atoms with Crippen molar-refractivity contribution in [2.75, 3.05) is 28.7 Å². The number of hydrogen-bond acceptors (Lipinski definition) is 8. The van der Waals surface area contributed by atoms with E-state index in [1.165, 1.54) is 12.8 Å². The van der Waals surface area contributed by atoms with Gasteiger partial charge in [0.2, 0.25) is 0 Å². The van der Waals surface area contributed by atoms with Crippen LogP contribution in [-0.2, 0) is 14.3 Å². The summed E-state index contributed by atoms with van der Waals surface area (Å²) in [6.07, 6.45) is 4.25. The van der Waals surface area contributed by atoms with Crippen LogP contribution in [0, 0.1) is 6.92 Å². The van der Waals surface area contributed by atoms with Crippen LogP contribution in [0.5, 0.6) is 0 Å². The number of esters is 1. The van der Waals surface area contributed by atoms with Crippen molar-refractivity contribution in [1.82, 2.24) is 9.97 Å². The van der Waals surface area contributed by atoms with Gasteiger partial charge in [-0.05, 0) is 37.5 Å². The van der Waals surface area contributed by atoms with Crippen LogP contribution in [0.15, 0.2) is 21.7 Å². The van der Waals surface area contributed by atoms with Crippen molar-refractivity contribution < 1.29 is 19.4 Å². The number of aromatic nitrogens is 2. The van der Waals surface area contributed by atoms with Crippen molar-refractivity contribution in [3.63, 3.8) is 0 Å². The van der Waals surface area contributed by atoms with Gasteiger partial charge in [0.15, 0.2) is 0 Å². The Morgan fingerprint density at radius 1 is 1.18 bits per heavy atom. The van der Waals surface area contributed by atoms with E-state index in [4.69, 9.17) is 9.84 Å². The molecule has 4 rings (SSSR count). The summed E-state index contributed by atoms with van der Waals surface area (Å²) in [6, 6.07) is 4.28. The number of carboxylic acid groups (broad SMARTS) is 1. The Balaban J connectivity index is 1.63. The normalized spacial score (nSPS) is 14.9. The van der Waals surface area contributed by atoms with Crippen molar-refractivity contribution in [2.45, 2.75) is 51.5 Å². The minimum Gasteiger partial charge on any atom is -0.481 e. The van der Waals surface area contributed by atoms with E-state index in [-0.39, 0.29) is 37.5 Å². The second kappa shape index (κ2) is 9.39. The number of H-pyrrole nitrogens is 2. The molecule has 0 amide bonds. The van der Waals surface area contributed by atoms with Crippen molar-refractivity contribution in [3.05, 3.63) is 38.5 Å². The molecule has 2 heterocycles. The van der Waals surface area contributed by atoms with Gasteiger partial charge in [-0.2, -0.15) is 0 Å². The molecule has 33 heavy (non-hydrogen) atoms. The van der Waals surface area contributed by atoms with Crippen LogP contribution in [0.3, 0.4) is 0 Å². The maximum atomic E-state index is 12.4. The van der Waals surface area contributed by atoms with Crippen LogP contribution in [-0.4, -0.2) is 46.2 Å². The van der Waals surface area contributed by atoms with Gasteiger partial charge in [-0.25, -0.2) is 4.79 Å². The Labute approximate surface area is 189 Å². The Kier molecular flexibility index (Phi) is 6.38. The lowest BCUT2D eigenvalue weighted by Gasteiger charge is -2.33. The molecule has 11 heteroatoms. The summed E-state index contributed by atoms with van der Waals surface area (Å²) in [4.78, 5) is 53.8. The molecule has 1 aromatic carbocycles. The number of aromatic amines is 2. The molecule has 0 atom stereocenters. The molecule has 0 unspecified atom stereocenters. The number of carbonyl (C=O) groups excluding carboxylic acids is 1. The Morgan fingerprint density at radius 2 is 1.94 bits per heavy atom. The number of fused-ring (bicyclic) bond motifs is 2. The van der Waals surface area contributed by atoms with Crippen molar-refractivity contribution in [2.24, 2.45) is 0 Å². The van der Waals surface area contributed by atoms with Gasteiger partial charge in [-0.3, -0.25) is 24.4 Å². The first kappa shape index (κ1) is 22.4. The number of hydrogen-bond donors (Lipinski definition) is 5. The largest absolute Gasteiger partial charge is 0.481 e. The second-order valence-electron chi connectivity index (χ2n) is 8.33. The highest BCUT2D eigenvalue weighted by Crippen LogP contribution is 2.43. The highest BCUT2D eigenvalue weighted by molar-refractivity contribution is 5.92. The molecule has 2 aromatic rings. The number of ether oxygens (including phenoxy) is 1. The Hall–Kier alpha value is -3.76. The lowest BCUT2D eigenvalue weighted by atomic mass is 10.1. The molecule has 11 nitrogen and oxygen atoms in total. The number of nitrogens with one attached hydrogen (secondary N) is 4. The monoisotopic (exact) mass is 457 g/mol. The summed E-state index contributed by atoms with van der Waals surface area (Å²) < 4.78 is 4.98. The third-order valence-corrected chi connectivity index (χ3v) is 5.92. The van der Waals surface area contributed by atoms with E-state index in [2.05, 4.69) is 20.6 Å². The number of nitrogens with zero attached hydrogens (tertiary/aromatic N) is 1. The molecule has 1 aliphatic heterocycles. The molecular weight excluding hydrogens is 430 g/mol. The number of benzene rings is 1. The molecule has 1 aliphatic carbocycles. The smallest absolute Gasteiger partial charge is 0.327 e. The summed E-state index contributed by atoms with van der Waals surface area (Å²) in [7, 11) is 0. The zero-order valence-corrected chi connectivity index (χ0v) is 18.3. The van der Waals surface area contributed by atoms with Gasteiger partial charge in [-0.1, -0.05) is 12.8 Å². The van der Waals surface area contributed by atoms with Crippen LogP contribution in [0.2, 0.25) is 0 Å². The van der Waals surface area contributed by atoms with Gasteiger partial charge in [-0.15, -0.1) is 0 Å². The maximum absolute atomic E-state index is 12.4. The van der Waals surface area contributed by atoms with Gasteiger partial charge in [0.25, 0.3) is 5.56 Å². The van der Waals surface area contributed by atoms with Crippen LogP contribution in [0.1, 0.15) is 44.1 Å². The minimum absolute atomic E-state index is 0.0629. The third-order valence-electron chi connectivity index (χ3n) is 5.92. The molecule has 2 aliphatic rings. The fraction of sp³-hybridized carbons (Fsp3) is 0.455. The average molecular weight is 457 g/mol. The van der Waals surface area contributed by atoms with Crippen LogP contribution in [0.25, 0.3) is 0 Å². The summed E-state index contributed by atoms with van der Waals surface area (Å²) in [5.74, 6) is -1.37. The summed E-state index contributed by atoms with van der Waals surface area (Å²) in [5, 5.41) is 15.4. The van der Waals surface area contributed by atoms with Gasteiger partial charge in [0, 0.05) is 18.3 Å². The summed E-state index contributed by atoms with van der Waals surface area (Å²) >= 11 is 0. The maximum Gasteiger partial charge on any atom is 0.327 e. The van der Waals surface area contributed by atoms with Gasteiger partial charge >= 0.3 is 17.6 Å². The van der Waals surface area contributed by atoms with Gasteiger partial charge in [0.05, 0.1) is 24.2 Å². The van der Waals surface area contributed by atoms with E-state index in [0.717, 1.165) is 24.1 Å². The van der Waals surface area contributed by atoms with Gasteiger partial charge < -0.3 is 25.4 Å². The van der Waals surface area contributed by atoms with Crippen molar-refractivity contribution in [1.29, 1.82) is 0 Å². The quantitative estimate of drug-likeness (QED) is 0.375.